The van der Waals surface area contributed by atoms with E-state index < -0.39 is 5.72 Å². The molecular weight excluding hydrogens is 282 g/mol. The van der Waals surface area contributed by atoms with E-state index in [1.165, 1.54) is 11.1 Å². The molecule has 0 aliphatic carbocycles. The Labute approximate surface area is 140 Å². The molecule has 2 aromatic carbocycles. The van der Waals surface area contributed by atoms with Crippen molar-refractivity contribution < 1.29 is 5.11 Å². The maximum Gasteiger partial charge on any atom is 0.117 e. The minimum atomic E-state index is -0.780. The molecule has 0 heterocycles. The highest BCUT2D eigenvalue weighted by Gasteiger charge is 2.30. The van der Waals surface area contributed by atoms with Crippen LogP contribution in [0.25, 0.3) is 0 Å². The van der Waals surface area contributed by atoms with Gasteiger partial charge >= 0.3 is 0 Å². The molecule has 1 N–H and O–H groups in total. The van der Waals surface area contributed by atoms with Crippen LogP contribution in [0.3, 0.4) is 0 Å². The van der Waals surface area contributed by atoms with Crippen molar-refractivity contribution in [3.63, 3.8) is 0 Å². The van der Waals surface area contributed by atoms with Gasteiger partial charge in [0.1, 0.15) is 5.72 Å². The van der Waals surface area contributed by atoms with E-state index in [2.05, 4.69) is 79.4 Å². The minimum Gasteiger partial charge on any atom is -0.376 e. The molecule has 23 heavy (non-hydrogen) atoms. The fourth-order valence-corrected chi connectivity index (χ4v) is 2.89. The Hall–Kier alpha value is -1.64. The van der Waals surface area contributed by atoms with Crippen molar-refractivity contribution in [2.75, 3.05) is 13.6 Å². The van der Waals surface area contributed by atoms with Crippen LogP contribution in [0.1, 0.15) is 44.2 Å². The predicted molar refractivity (Wildman–Crippen MR) is 97.4 cm³/mol. The van der Waals surface area contributed by atoms with E-state index in [1.807, 2.05) is 14.0 Å². The predicted octanol–water partition coefficient (Wildman–Crippen LogP) is 4.50. The molecule has 0 amide bonds. The third-order valence-electron chi connectivity index (χ3n) is 5.02. The molecule has 0 radical (unpaired) electrons. The standard InChI is InChI=1S/C21H29NO/c1-17(2)21(3,23)22(4)16-15-20(18-11-7-5-8-12-18)19-13-9-6-10-14-19/h5-14,17,20,23H,15-16H2,1-4H3. The number of aliphatic hydroxyl groups is 1. The summed E-state index contributed by atoms with van der Waals surface area (Å²) in [6.45, 7) is 6.86. The van der Waals surface area contributed by atoms with Crippen LogP contribution in [0.4, 0.5) is 0 Å². The number of hydrogen-bond donors (Lipinski definition) is 1. The first-order valence-corrected chi connectivity index (χ1v) is 8.46. The molecule has 2 nitrogen and oxygen atoms in total. The van der Waals surface area contributed by atoms with Gasteiger partial charge in [0.2, 0.25) is 0 Å². The van der Waals surface area contributed by atoms with Gasteiger partial charge in [-0.3, -0.25) is 4.90 Å². The lowest BCUT2D eigenvalue weighted by molar-refractivity contribution is -0.115. The zero-order valence-electron chi connectivity index (χ0n) is 14.7. The molecule has 2 rings (SSSR count). The third kappa shape index (κ3) is 4.43. The fourth-order valence-electron chi connectivity index (χ4n) is 2.89. The highest BCUT2D eigenvalue weighted by atomic mass is 16.3. The van der Waals surface area contributed by atoms with E-state index in [0.29, 0.717) is 5.92 Å². The second-order valence-corrected chi connectivity index (χ2v) is 6.83. The molecule has 0 aliphatic heterocycles. The van der Waals surface area contributed by atoms with Gasteiger partial charge in [-0.2, -0.15) is 0 Å². The number of hydrogen-bond acceptors (Lipinski definition) is 2. The summed E-state index contributed by atoms with van der Waals surface area (Å²) < 4.78 is 0. The minimum absolute atomic E-state index is 0.194. The van der Waals surface area contributed by atoms with E-state index in [9.17, 15) is 5.11 Å². The molecule has 2 heteroatoms. The summed E-state index contributed by atoms with van der Waals surface area (Å²) >= 11 is 0. The summed E-state index contributed by atoms with van der Waals surface area (Å²) in [5, 5.41) is 10.6. The van der Waals surface area contributed by atoms with Crippen LogP contribution in [0.2, 0.25) is 0 Å². The molecule has 0 aromatic heterocycles. The molecule has 124 valence electrons. The van der Waals surface area contributed by atoms with Crippen molar-refractivity contribution in [1.82, 2.24) is 4.90 Å². The lowest BCUT2D eigenvalue weighted by Crippen LogP contribution is -2.48. The molecule has 0 fully saturated rings. The van der Waals surface area contributed by atoms with Crippen molar-refractivity contribution in [3.05, 3.63) is 71.8 Å². The third-order valence-corrected chi connectivity index (χ3v) is 5.02. The van der Waals surface area contributed by atoms with Gasteiger partial charge in [0.15, 0.2) is 0 Å². The van der Waals surface area contributed by atoms with Crippen LogP contribution in [-0.2, 0) is 0 Å². The largest absolute Gasteiger partial charge is 0.376 e. The van der Waals surface area contributed by atoms with Crippen LogP contribution >= 0.6 is 0 Å². The summed E-state index contributed by atoms with van der Waals surface area (Å²) in [5.74, 6) is 0.544. The molecule has 0 bridgehead atoms. The maximum atomic E-state index is 10.6. The Balaban J connectivity index is 2.17. The molecule has 1 unspecified atom stereocenters. The highest BCUT2D eigenvalue weighted by Crippen LogP contribution is 2.29. The van der Waals surface area contributed by atoms with Crippen molar-refractivity contribution in [2.24, 2.45) is 5.92 Å². The Morgan fingerprint density at radius 3 is 1.74 bits per heavy atom. The number of nitrogens with zero attached hydrogens (tertiary/aromatic N) is 1. The second-order valence-electron chi connectivity index (χ2n) is 6.83. The SMILES string of the molecule is CC(C)C(C)(O)N(C)CCC(c1ccccc1)c1ccccc1. The van der Waals surface area contributed by atoms with Gasteiger partial charge in [-0.05, 0) is 37.4 Å². The first kappa shape index (κ1) is 17.7. The Morgan fingerprint density at radius 2 is 1.35 bits per heavy atom. The van der Waals surface area contributed by atoms with Crippen LogP contribution in [0, 0.1) is 5.92 Å². The summed E-state index contributed by atoms with van der Waals surface area (Å²) in [4.78, 5) is 2.07. The highest BCUT2D eigenvalue weighted by molar-refractivity contribution is 5.32. The fraction of sp³-hybridized carbons (Fsp3) is 0.429. The summed E-state index contributed by atoms with van der Waals surface area (Å²) in [6, 6.07) is 21.3. The van der Waals surface area contributed by atoms with E-state index in [0.717, 1.165) is 13.0 Å². The zero-order chi connectivity index (χ0) is 16.9. The van der Waals surface area contributed by atoms with E-state index in [1.54, 1.807) is 0 Å². The lowest BCUT2D eigenvalue weighted by atomic mass is 9.88. The van der Waals surface area contributed by atoms with Crippen molar-refractivity contribution >= 4 is 0 Å². The summed E-state index contributed by atoms with van der Waals surface area (Å²) in [5.41, 5.74) is 1.88. The quantitative estimate of drug-likeness (QED) is 0.761. The van der Waals surface area contributed by atoms with Crippen molar-refractivity contribution in [3.8, 4) is 0 Å². The van der Waals surface area contributed by atoms with Crippen LogP contribution < -0.4 is 0 Å². The Morgan fingerprint density at radius 1 is 0.913 bits per heavy atom. The molecule has 1 atom stereocenters. The van der Waals surface area contributed by atoms with Gasteiger partial charge in [0.05, 0.1) is 0 Å². The topological polar surface area (TPSA) is 23.5 Å². The molecule has 0 saturated heterocycles. The Bertz CT molecular complexity index is 538. The van der Waals surface area contributed by atoms with Crippen molar-refractivity contribution in [2.45, 2.75) is 38.8 Å². The van der Waals surface area contributed by atoms with Gasteiger partial charge in [0.25, 0.3) is 0 Å². The number of rotatable bonds is 7. The first-order valence-electron chi connectivity index (χ1n) is 8.46. The van der Waals surface area contributed by atoms with Crippen molar-refractivity contribution in [1.29, 1.82) is 0 Å². The average Bonchev–Trinajstić information content (AvgIpc) is 2.56. The molecular formula is C21H29NO. The number of benzene rings is 2. The second kappa shape index (κ2) is 7.76. The monoisotopic (exact) mass is 311 g/mol. The van der Waals surface area contributed by atoms with Crippen LogP contribution in [0.15, 0.2) is 60.7 Å². The molecule has 0 saturated carbocycles. The average molecular weight is 311 g/mol. The first-order chi connectivity index (χ1) is 10.9. The smallest absolute Gasteiger partial charge is 0.117 e. The van der Waals surface area contributed by atoms with E-state index in [4.69, 9.17) is 0 Å². The van der Waals surface area contributed by atoms with Gasteiger partial charge in [-0.25, -0.2) is 0 Å². The molecule has 0 spiro atoms. The lowest BCUT2D eigenvalue weighted by Gasteiger charge is -2.38. The van der Waals surface area contributed by atoms with Gasteiger partial charge in [0, 0.05) is 12.5 Å². The normalized spacial score (nSPS) is 14.4. The Kier molecular flexibility index (Phi) is 5.97. The summed E-state index contributed by atoms with van der Waals surface area (Å²) in [6.07, 6.45) is 0.980. The van der Waals surface area contributed by atoms with Crippen LogP contribution in [-0.4, -0.2) is 29.3 Å². The van der Waals surface area contributed by atoms with Gasteiger partial charge < -0.3 is 5.11 Å². The van der Waals surface area contributed by atoms with E-state index >= 15 is 0 Å². The zero-order valence-corrected chi connectivity index (χ0v) is 14.7. The summed E-state index contributed by atoms with van der Waals surface area (Å²) in [7, 11) is 2.01. The maximum absolute atomic E-state index is 10.6. The molecule has 2 aromatic rings. The van der Waals surface area contributed by atoms with Crippen LogP contribution in [0.5, 0.6) is 0 Å². The van der Waals surface area contributed by atoms with E-state index in [-0.39, 0.29) is 5.92 Å². The molecule has 0 aliphatic rings. The van der Waals surface area contributed by atoms with Gasteiger partial charge in [-0.15, -0.1) is 0 Å². The van der Waals surface area contributed by atoms with Gasteiger partial charge in [-0.1, -0.05) is 74.5 Å².